The summed E-state index contributed by atoms with van der Waals surface area (Å²) in [5.74, 6) is 1.37. The number of fused-ring (bicyclic) bond motifs is 1. The van der Waals surface area contributed by atoms with Crippen LogP contribution in [-0.2, 0) is 0 Å². The van der Waals surface area contributed by atoms with E-state index in [0.29, 0.717) is 5.92 Å². The van der Waals surface area contributed by atoms with Crippen LogP contribution in [0.25, 0.3) is 10.9 Å². The predicted molar refractivity (Wildman–Crippen MR) is 74.0 cm³/mol. The van der Waals surface area contributed by atoms with Crippen LogP contribution in [0.15, 0.2) is 42.5 Å². The van der Waals surface area contributed by atoms with E-state index in [2.05, 4.69) is 24.3 Å². The number of pyridine rings is 1. The minimum absolute atomic E-state index is 0.442. The van der Waals surface area contributed by atoms with E-state index in [1.165, 1.54) is 19.3 Å². The van der Waals surface area contributed by atoms with E-state index in [-0.39, 0.29) is 0 Å². The highest BCUT2D eigenvalue weighted by Crippen LogP contribution is 2.32. The van der Waals surface area contributed by atoms with Crippen LogP contribution in [0.1, 0.15) is 30.9 Å². The Labute approximate surface area is 107 Å². The van der Waals surface area contributed by atoms with Gasteiger partial charge in [-0.1, -0.05) is 24.3 Å². The lowest BCUT2D eigenvalue weighted by atomic mass is 9.92. The highest BCUT2D eigenvalue weighted by molar-refractivity contribution is 5.85. The lowest BCUT2D eigenvalue weighted by Crippen LogP contribution is -2.03. The molecule has 1 aliphatic carbocycles. The molecule has 2 heteroatoms. The quantitative estimate of drug-likeness (QED) is 0.737. The minimum atomic E-state index is 0.442. The summed E-state index contributed by atoms with van der Waals surface area (Å²) >= 11 is 0. The molecule has 0 fully saturated rings. The summed E-state index contributed by atoms with van der Waals surface area (Å²) in [6.45, 7) is 0. The fourth-order valence-electron chi connectivity index (χ4n) is 2.58. The van der Waals surface area contributed by atoms with Crippen molar-refractivity contribution in [1.82, 2.24) is 4.98 Å². The van der Waals surface area contributed by atoms with E-state index >= 15 is 0 Å². The van der Waals surface area contributed by atoms with Crippen LogP contribution in [0.5, 0.6) is 5.75 Å². The van der Waals surface area contributed by atoms with E-state index in [4.69, 9.17) is 9.72 Å². The van der Waals surface area contributed by atoms with Crippen molar-refractivity contribution >= 4 is 10.9 Å². The van der Waals surface area contributed by atoms with Crippen molar-refractivity contribution in [3.05, 3.63) is 48.2 Å². The first-order valence-corrected chi connectivity index (χ1v) is 6.49. The van der Waals surface area contributed by atoms with Crippen molar-refractivity contribution < 1.29 is 4.74 Å². The summed E-state index contributed by atoms with van der Waals surface area (Å²) < 4.78 is 5.49. The predicted octanol–water partition coefficient (Wildman–Crippen LogP) is 4.07. The normalized spacial score (nSPS) is 19.1. The fraction of sp³-hybridized carbons (Fsp3) is 0.312. The number of ether oxygens (including phenoxy) is 1. The van der Waals surface area contributed by atoms with Crippen molar-refractivity contribution in [2.75, 3.05) is 7.11 Å². The molecule has 0 bridgehead atoms. The molecular weight excluding hydrogens is 222 g/mol. The van der Waals surface area contributed by atoms with Crippen LogP contribution in [0.3, 0.4) is 0 Å². The second-order valence-electron chi connectivity index (χ2n) is 4.73. The first-order chi connectivity index (χ1) is 8.88. The van der Waals surface area contributed by atoms with Crippen LogP contribution in [0, 0.1) is 0 Å². The Morgan fingerprint density at radius 2 is 2.17 bits per heavy atom. The Kier molecular flexibility index (Phi) is 3.01. The number of allylic oxidation sites excluding steroid dienone is 2. The number of methoxy groups -OCH3 is 1. The Balaban J connectivity index is 2.12. The van der Waals surface area contributed by atoms with Gasteiger partial charge in [-0.3, -0.25) is 4.98 Å². The summed E-state index contributed by atoms with van der Waals surface area (Å²) in [6, 6.07) is 10.2. The summed E-state index contributed by atoms with van der Waals surface area (Å²) in [7, 11) is 1.72. The van der Waals surface area contributed by atoms with Gasteiger partial charge in [0.25, 0.3) is 0 Å². The molecule has 1 heterocycles. The molecule has 0 N–H and O–H groups in total. The molecule has 1 aromatic carbocycles. The van der Waals surface area contributed by atoms with Crippen molar-refractivity contribution in [1.29, 1.82) is 0 Å². The zero-order valence-electron chi connectivity index (χ0n) is 10.6. The molecule has 1 atom stereocenters. The van der Waals surface area contributed by atoms with Gasteiger partial charge in [0.15, 0.2) is 0 Å². The largest absolute Gasteiger partial charge is 0.496 e. The molecule has 1 aromatic heterocycles. The number of nitrogens with zero attached hydrogens (tertiary/aromatic N) is 1. The lowest BCUT2D eigenvalue weighted by Gasteiger charge is -2.17. The number of rotatable bonds is 2. The summed E-state index contributed by atoms with van der Waals surface area (Å²) in [4.78, 5) is 4.78. The van der Waals surface area contributed by atoms with Gasteiger partial charge in [-0.2, -0.15) is 0 Å². The Hall–Kier alpha value is -1.83. The van der Waals surface area contributed by atoms with Gasteiger partial charge in [0.1, 0.15) is 5.75 Å². The van der Waals surface area contributed by atoms with Crippen molar-refractivity contribution in [2.24, 2.45) is 0 Å². The van der Waals surface area contributed by atoms with Gasteiger partial charge < -0.3 is 4.74 Å². The molecule has 0 saturated carbocycles. The van der Waals surface area contributed by atoms with Crippen LogP contribution in [0.2, 0.25) is 0 Å². The maximum absolute atomic E-state index is 5.49. The van der Waals surface area contributed by atoms with E-state index < -0.39 is 0 Å². The van der Waals surface area contributed by atoms with Crippen molar-refractivity contribution in [2.45, 2.75) is 25.2 Å². The molecule has 0 saturated heterocycles. The Bertz CT molecular complexity index is 589. The molecule has 0 amide bonds. The van der Waals surface area contributed by atoms with Gasteiger partial charge in [-0.05, 0) is 31.4 Å². The van der Waals surface area contributed by atoms with Crippen molar-refractivity contribution in [3.63, 3.8) is 0 Å². The molecule has 92 valence electrons. The van der Waals surface area contributed by atoms with Gasteiger partial charge in [-0.15, -0.1) is 0 Å². The number of hydrogen-bond acceptors (Lipinski definition) is 2. The van der Waals surface area contributed by atoms with E-state index in [0.717, 1.165) is 22.3 Å². The molecule has 2 aromatic rings. The molecule has 1 aliphatic rings. The Morgan fingerprint density at radius 1 is 1.28 bits per heavy atom. The molecule has 18 heavy (non-hydrogen) atoms. The first-order valence-electron chi connectivity index (χ1n) is 6.49. The third-order valence-electron chi connectivity index (χ3n) is 3.55. The molecule has 3 rings (SSSR count). The lowest BCUT2D eigenvalue weighted by molar-refractivity contribution is 0.418. The molecule has 0 spiro atoms. The number of aromatic nitrogens is 1. The number of hydrogen-bond donors (Lipinski definition) is 0. The van der Waals surface area contributed by atoms with Crippen molar-refractivity contribution in [3.8, 4) is 5.75 Å². The standard InChI is InChI=1S/C16H17NO/c1-18-16-11-15(12-7-3-2-4-8-12)17-14-10-6-5-9-13(14)16/h3,5-7,9-12H,2,4,8H2,1H3. The molecule has 0 aliphatic heterocycles. The van der Waals surface area contributed by atoms with Gasteiger partial charge >= 0.3 is 0 Å². The zero-order valence-corrected chi connectivity index (χ0v) is 10.6. The zero-order chi connectivity index (χ0) is 12.4. The summed E-state index contributed by atoms with van der Waals surface area (Å²) in [5, 5.41) is 1.09. The minimum Gasteiger partial charge on any atom is -0.496 e. The SMILES string of the molecule is COc1cc(C2C=CCCC2)nc2ccccc12. The maximum Gasteiger partial charge on any atom is 0.130 e. The first kappa shape index (κ1) is 11.3. The van der Waals surface area contributed by atoms with Gasteiger partial charge in [-0.25, -0.2) is 0 Å². The number of para-hydroxylation sites is 1. The second kappa shape index (κ2) is 4.81. The van der Waals surface area contributed by atoms with E-state index in [9.17, 15) is 0 Å². The van der Waals surface area contributed by atoms with E-state index in [1.54, 1.807) is 7.11 Å². The summed E-state index contributed by atoms with van der Waals surface area (Å²) in [6.07, 6.45) is 8.17. The highest BCUT2D eigenvalue weighted by atomic mass is 16.5. The van der Waals surface area contributed by atoms with Crippen LogP contribution in [-0.4, -0.2) is 12.1 Å². The number of benzene rings is 1. The maximum atomic E-state index is 5.49. The highest BCUT2D eigenvalue weighted by Gasteiger charge is 2.15. The monoisotopic (exact) mass is 239 g/mol. The van der Waals surface area contributed by atoms with Gasteiger partial charge in [0.2, 0.25) is 0 Å². The van der Waals surface area contributed by atoms with E-state index in [1.807, 2.05) is 18.2 Å². The average molecular weight is 239 g/mol. The van der Waals surface area contributed by atoms with Crippen LogP contribution < -0.4 is 4.74 Å². The molecular formula is C16H17NO. The second-order valence-corrected chi connectivity index (χ2v) is 4.73. The molecule has 2 nitrogen and oxygen atoms in total. The van der Waals surface area contributed by atoms with Gasteiger partial charge in [0.05, 0.1) is 18.3 Å². The molecule has 1 unspecified atom stereocenters. The average Bonchev–Trinajstić information content (AvgIpc) is 2.47. The fourth-order valence-corrected chi connectivity index (χ4v) is 2.58. The topological polar surface area (TPSA) is 22.1 Å². The Morgan fingerprint density at radius 3 is 2.94 bits per heavy atom. The summed E-state index contributed by atoms with van der Waals surface area (Å²) in [5.41, 5.74) is 2.15. The molecule has 0 radical (unpaired) electrons. The third-order valence-corrected chi connectivity index (χ3v) is 3.55. The third kappa shape index (κ3) is 1.99. The van der Waals surface area contributed by atoms with Gasteiger partial charge in [0, 0.05) is 17.4 Å². The van der Waals surface area contributed by atoms with Crippen LogP contribution >= 0.6 is 0 Å². The smallest absolute Gasteiger partial charge is 0.130 e. The van der Waals surface area contributed by atoms with Crippen LogP contribution in [0.4, 0.5) is 0 Å².